The van der Waals surface area contributed by atoms with Crippen LogP contribution in [0.3, 0.4) is 0 Å². The molecule has 3 N–H and O–H groups in total. The van der Waals surface area contributed by atoms with Gasteiger partial charge in [-0.15, -0.1) is 0 Å². The number of benzene rings is 2. The lowest BCUT2D eigenvalue weighted by Crippen LogP contribution is -2.47. The average Bonchev–Trinajstić information content (AvgIpc) is 3.42. The van der Waals surface area contributed by atoms with Gasteiger partial charge in [0.2, 0.25) is 5.91 Å². The number of hydrogen-bond acceptors (Lipinski definition) is 10. The minimum absolute atomic E-state index is 0.107. The number of carbonyl (C=O) groups is 3. The lowest BCUT2D eigenvalue weighted by molar-refractivity contribution is -0.123. The van der Waals surface area contributed by atoms with Crippen molar-refractivity contribution in [2.24, 2.45) is 5.11 Å². The van der Waals surface area contributed by atoms with Crippen molar-refractivity contribution in [1.29, 1.82) is 0 Å². The van der Waals surface area contributed by atoms with Crippen molar-refractivity contribution in [1.82, 2.24) is 16.0 Å². The van der Waals surface area contributed by atoms with Crippen LogP contribution >= 0.6 is 0 Å². The Bertz CT molecular complexity index is 1370. The zero-order valence-corrected chi connectivity index (χ0v) is 29.9. The maximum absolute atomic E-state index is 13.1. The Morgan fingerprint density at radius 1 is 0.765 bits per heavy atom. The summed E-state index contributed by atoms with van der Waals surface area (Å²) in [5, 5.41) is 11.7. The van der Waals surface area contributed by atoms with Gasteiger partial charge in [0, 0.05) is 30.5 Å². The number of fused-ring (bicyclic) bond motifs is 3. The summed E-state index contributed by atoms with van der Waals surface area (Å²) < 4.78 is 32.6. The molecule has 51 heavy (non-hydrogen) atoms. The number of ether oxygens (including phenoxy) is 6. The highest BCUT2D eigenvalue weighted by Crippen LogP contribution is 2.44. The second-order valence-electron chi connectivity index (χ2n) is 12.6. The van der Waals surface area contributed by atoms with E-state index in [-0.39, 0.29) is 31.6 Å². The lowest BCUT2D eigenvalue weighted by atomic mass is 9.98. The molecule has 0 saturated heterocycles. The molecule has 1 atom stereocenters. The van der Waals surface area contributed by atoms with Gasteiger partial charge in [-0.1, -0.05) is 53.6 Å². The molecule has 280 valence electrons. The van der Waals surface area contributed by atoms with Crippen LogP contribution in [0.25, 0.3) is 21.6 Å². The van der Waals surface area contributed by atoms with Crippen molar-refractivity contribution >= 4 is 18.1 Å². The van der Waals surface area contributed by atoms with Crippen molar-refractivity contribution < 1.29 is 42.8 Å². The van der Waals surface area contributed by atoms with E-state index >= 15 is 0 Å². The number of carbonyl (C=O) groups excluding carboxylic acids is 3. The first-order valence-corrected chi connectivity index (χ1v) is 17.4. The van der Waals surface area contributed by atoms with E-state index in [4.69, 9.17) is 34.0 Å². The van der Waals surface area contributed by atoms with Gasteiger partial charge in [0.05, 0.1) is 52.9 Å². The zero-order chi connectivity index (χ0) is 36.7. The molecule has 3 amide bonds. The van der Waals surface area contributed by atoms with E-state index in [1.165, 1.54) is 0 Å². The van der Waals surface area contributed by atoms with Crippen LogP contribution in [0.5, 0.6) is 0 Å². The third-order valence-electron chi connectivity index (χ3n) is 7.60. The average molecular weight is 713 g/mol. The maximum Gasteiger partial charge on any atom is 0.407 e. The van der Waals surface area contributed by atoms with Crippen molar-refractivity contribution in [3.05, 3.63) is 70.1 Å². The highest BCUT2D eigenvalue weighted by atomic mass is 16.6. The van der Waals surface area contributed by atoms with Crippen LogP contribution in [0, 0.1) is 0 Å². The van der Waals surface area contributed by atoms with Gasteiger partial charge in [0.15, 0.2) is 0 Å². The molecule has 2 aromatic carbocycles. The van der Waals surface area contributed by atoms with Gasteiger partial charge in [0.1, 0.15) is 18.2 Å². The predicted octanol–water partition coefficient (Wildman–Crippen LogP) is 5.08. The topological polar surface area (TPSA) is 191 Å². The van der Waals surface area contributed by atoms with Crippen molar-refractivity contribution in [2.75, 3.05) is 79.1 Å². The monoisotopic (exact) mass is 712 g/mol. The normalized spacial score (nSPS) is 12.6. The Morgan fingerprint density at radius 3 is 1.92 bits per heavy atom. The molecule has 0 aromatic heterocycles. The number of nitrogens with zero attached hydrogens (tertiary/aromatic N) is 3. The fourth-order valence-electron chi connectivity index (χ4n) is 5.31. The molecule has 0 fully saturated rings. The highest BCUT2D eigenvalue weighted by molar-refractivity contribution is 5.85. The molecule has 1 aliphatic rings. The van der Waals surface area contributed by atoms with E-state index in [1.807, 2.05) is 36.4 Å². The summed E-state index contributed by atoms with van der Waals surface area (Å²) >= 11 is 0. The summed E-state index contributed by atoms with van der Waals surface area (Å²) in [5.74, 6) is -0.465. The van der Waals surface area contributed by atoms with E-state index < -0.39 is 23.8 Å². The standard InChI is InChI=1S/C36H52N6O9/c1-36(2,3)51-34(44)39-15-9-8-14-32(33(43)38-16-18-46-20-22-48-24-25-49-23-21-47-19-17-40-42-37)41-35(45)50-26-31-29-12-6-4-10-27(29)28-11-5-7-13-30(28)31/h4-7,10-13,31-32H,8-9,14-26H2,1-3H3,(H,38,43)(H,39,44)(H,41,45)/t32-/m1/s1. The first-order valence-electron chi connectivity index (χ1n) is 17.4. The van der Waals surface area contributed by atoms with Crippen molar-refractivity contribution in [3.8, 4) is 11.1 Å². The van der Waals surface area contributed by atoms with E-state index in [0.29, 0.717) is 78.6 Å². The third-order valence-corrected chi connectivity index (χ3v) is 7.60. The molecule has 0 radical (unpaired) electrons. The van der Waals surface area contributed by atoms with Crippen molar-refractivity contribution in [2.45, 2.75) is 57.6 Å². The fourth-order valence-corrected chi connectivity index (χ4v) is 5.31. The zero-order valence-electron chi connectivity index (χ0n) is 29.9. The Labute approximate surface area is 299 Å². The highest BCUT2D eigenvalue weighted by Gasteiger charge is 2.30. The summed E-state index contributed by atoms with van der Waals surface area (Å²) in [6, 6.07) is 15.3. The Hall–Kier alpha value is -4.40. The second kappa shape index (κ2) is 23.1. The number of amides is 3. The Kier molecular flexibility index (Phi) is 18.6. The van der Waals surface area contributed by atoms with E-state index in [2.05, 4.69) is 38.1 Å². The predicted molar refractivity (Wildman–Crippen MR) is 190 cm³/mol. The summed E-state index contributed by atoms with van der Waals surface area (Å²) in [6.07, 6.45) is 0.286. The molecule has 15 heteroatoms. The number of azide groups is 1. The molecular formula is C36H52N6O9. The second-order valence-corrected chi connectivity index (χ2v) is 12.6. The minimum atomic E-state index is -0.845. The van der Waals surface area contributed by atoms with Gasteiger partial charge in [0.25, 0.3) is 0 Å². The summed E-state index contributed by atoms with van der Waals surface area (Å²) in [6.45, 7) is 9.34. The Morgan fingerprint density at radius 2 is 1.33 bits per heavy atom. The van der Waals surface area contributed by atoms with Crippen LogP contribution in [0.1, 0.15) is 57.1 Å². The Balaban J connectivity index is 1.38. The van der Waals surface area contributed by atoms with Gasteiger partial charge < -0.3 is 44.4 Å². The number of hydrogen-bond donors (Lipinski definition) is 3. The number of alkyl carbamates (subject to hydrolysis) is 2. The molecule has 2 aromatic rings. The quantitative estimate of drug-likeness (QED) is 0.0576. The van der Waals surface area contributed by atoms with E-state index in [1.54, 1.807) is 20.8 Å². The number of unbranched alkanes of at least 4 members (excludes halogenated alkanes) is 1. The molecule has 0 heterocycles. The van der Waals surface area contributed by atoms with Crippen LogP contribution in [0.4, 0.5) is 9.59 Å². The van der Waals surface area contributed by atoms with Gasteiger partial charge >= 0.3 is 12.2 Å². The van der Waals surface area contributed by atoms with Crippen LogP contribution in [0.15, 0.2) is 53.6 Å². The smallest absolute Gasteiger partial charge is 0.407 e. The molecule has 0 unspecified atom stereocenters. The van der Waals surface area contributed by atoms with Gasteiger partial charge in [-0.3, -0.25) is 4.79 Å². The summed E-state index contributed by atoms with van der Waals surface area (Å²) in [5.41, 5.74) is 12.0. The molecule has 0 aliphatic heterocycles. The van der Waals surface area contributed by atoms with Gasteiger partial charge in [-0.25, -0.2) is 9.59 Å². The van der Waals surface area contributed by atoms with Crippen LogP contribution in [0.2, 0.25) is 0 Å². The number of nitrogens with one attached hydrogen (secondary N) is 3. The molecule has 0 spiro atoms. The summed E-state index contributed by atoms with van der Waals surface area (Å²) in [4.78, 5) is 40.8. The number of rotatable bonds is 24. The molecule has 15 nitrogen and oxygen atoms in total. The SMILES string of the molecule is CC(C)(C)OC(=O)NCCCC[C@@H](NC(=O)OCC1c2ccccc2-c2ccccc21)C(=O)NCCOCCOCCOCCOCCN=[N+]=[N-]. The lowest BCUT2D eigenvalue weighted by Gasteiger charge is -2.21. The largest absolute Gasteiger partial charge is 0.449 e. The van der Waals surface area contributed by atoms with Crippen LogP contribution in [-0.4, -0.2) is 109 Å². The minimum Gasteiger partial charge on any atom is -0.449 e. The van der Waals surface area contributed by atoms with E-state index in [9.17, 15) is 14.4 Å². The van der Waals surface area contributed by atoms with E-state index in [0.717, 1.165) is 22.3 Å². The molecule has 0 bridgehead atoms. The third kappa shape index (κ3) is 16.0. The molecular weight excluding hydrogens is 660 g/mol. The van der Waals surface area contributed by atoms with Gasteiger partial charge in [-0.2, -0.15) is 0 Å². The summed E-state index contributed by atoms with van der Waals surface area (Å²) in [7, 11) is 0. The van der Waals surface area contributed by atoms with Crippen molar-refractivity contribution in [3.63, 3.8) is 0 Å². The maximum atomic E-state index is 13.1. The van der Waals surface area contributed by atoms with Crippen LogP contribution < -0.4 is 16.0 Å². The molecule has 3 rings (SSSR count). The first-order chi connectivity index (χ1) is 24.7. The fraction of sp³-hybridized carbons (Fsp3) is 0.583. The molecule has 0 saturated carbocycles. The molecule has 1 aliphatic carbocycles. The van der Waals surface area contributed by atoms with Gasteiger partial charge in [-0.05, 0) is 67.8 Å². The first kappa shape index (κ1) is 41.0. The van der Waals surface area contributed by atoms with Crippen LogP contribution in [-0.2, 0) is 33.2 Å².